The Morgan fingerprint density at radius 1 is 1.04 bits per heavy atom. The van der Waals surface area contributed by atoms with E-state index < -0.39 is 17.4 Å². The summed E-state index contributed by atoms with van der Waals surface area (Å²) in [6.45, 7) is 4.55. The maximum atomic E-state index is 14.8. The molecule has 3 aromatic carbocycles. The molecule has 0 radical (unpaired) electrons. The van der Waals surface area contributed by atoms with Crippen molar-refractivity contribution in [3.05, 3.63) is 105 Å². The zero-order valence-electron chi connectivity index (χ0n) is 29.0. The predicted octanol–water partition coefficient (Wildman–Crippen LogP) is 7.15. The van der Waals surface area contributed by atoms with E-state index in [9.17, 15) is 28.3 Å². The van der Waals surface area contributed by atoms with E-state index in [-0.39, 0.29) is 61.5 Å². The van der Waals surface area contributed by atoms with Crippen molar-refractivity contribution >= 4 is 39.3 Å². The average molecular weight is 765 g/mol. The van der Waals surface area contributed by atoms with Crippen molar-refractivity contribution in [2.24, 2.45) is 5.41 Å². The van der Waals surface area contributed by atoms with Gasteiger partial charge in [0.15, 0.2) is 0 Å². The highest BCUT2D eigenvalue weighted by molar-refractivity contribution is 9.10. The van der Waals surface area contributed by atoms with Crippen molar-refractivity contribution in [1.29, 1.82) is 0 Å². The van der Waals surface area contributed by atoms with Gasteiger partial charge in [0.2, 0.25) is 5.91 Å². The summed E-state index contributed by atoms with van der Waals surface area (Å²) in [5.41, 5.74) is 2.99. The third kappa shape index (κ3) is 8.87. The highest BCUT2D eigenvalue weighted by atomic mass is 79.9. The topological polar surface area (TPSA) is 99.2 Å². The zero-order valence-corrected chi connectivity index (χ0v) is 30.6. The van der Waals surface area contributed by atoms with Gasteiger partial charge in [-0.05, 0) is 103 Å². The van der Waals surface area contributed by atoms with E-state index >= 15 is 0 Å². The fourth-order valence-corrected chi connectivity index (χ4v) is 7.25. The minimum absolute atomic E-state index is 0.0146. The lowest BCUT2D eigenvalue weighted by Gasteiger charge is -2.45. The average Bonchev–Trinajstić information content (AvgIpc) is 3.95. The number of rotatable bonds is 14. The van der Waals surface area contributed by atoms with Gasteiger partial charge in [-0.15, -0.1) is 0 Å². The first kappa shape index (κ1) is 36.7. The van der Waals surface area contributed by atoms with Crippen molar-refractivity contribution in [1.82, 2.24) is 15.1 Å². The molecule has 1 saturated carbocycles. The minimum atomic E-state index is -1.02. The van der Waals surface area contributed by atoms with E-state index in [1.165, 1.54) is 18.2 Å². The third-order valence-corrected chi connectivity index (χ3v) is 10.8. The third-order valence-electron chi connectivity index (χ3n) is 10.1. The number of benzene rings is 3. The first-order valence-corrected chi connectivity index (χ1v) is 18.4. The molecule has 2 fully saturated rings. The Hall–Kier alpha value is -4.09. The van der Waals surface area contributed by atoms with Crippen molar-refractivity contribution < 1.29 is 33.0 Å². The molecule has 6 rings (SSSR count). The summed E-state index contributed by atoms with van der Waals surface area (Å²) in [5.74, 6) is -1.47. The van der Waals surface area contributed by atoms with E-state index in [0.29, 0.717) is 40.9 Å². The van der Waals surface area contributed by atoms with Gasteiger partial charge in [0.25, 0.3) is 5.91 Å². The van der Waals surface area contributed by atoms with Crippen molar-refractivity contribution in [2.75, 3.05) is 19.7 Å². The Kier molecular flexibility index (Phi) is 11.3. The van der Waals surface area contributed by atoms with E-state index in [1.807, 2.05) is 12.1 Å². The maximum absolute atomic E-state index is 14.8. The summed E-state index contributed by atoms with van der Waals surface area (Å²) in [4.78, 5) is 43.3. The number of nitrogens with one attached hydrogen (secondary N) is 1. The van der Waals surface area contributed by atoms with Crippen LogP contribution in [0.3, 0.4) is 0 Å². The number of halogens is 3. The molecule has 2 aliphatic heterocycles. The summed E-state index contributed by atoms with van der Waals surface area (Å²) < 4.78 is 34.9. The van der Waals surface area contributed by atoms with Crippen LogP contribution in [0.5, 0.6) is 5.75 Å². The van der Waals surface area contributed by atoms with Crippen LogP contribution in [0.15, 0.2) is 76.8 Å². The van der Waals surface area contributed by atoms with Crippen LogP contribution in [0, 0.1) is 17.0 Å². The second kappa shape index (κ2) is 15.7. The van der Waals surface area contributed by atoms with Gasteiger partial charge in [0.05, 0.1) is 22.5 Å². The molecule has 2 atom stereocenters. The first-order chi connectivity index (χ1) is 24.4. The Balaban J connectivity index is 1.23. The number of aryl methyl sites for hydroxylation is 1. The number of ether oxygens (including phenoxy) is 1. The number of hydrogen-bond acceptors (Lipinski definition) is 5. The molecule has 3 aliphatic rings. The van der Waals surface area contributed by atoms with Crippen LogP contribution in [-0.4, -0.2) is 70.5 Å². The summed E-state index contributed by atoms with van der Waals surface area (Å²) in [5, 5.41) is 13.2. The Bertz CT molecular complexity index is 1810. The number of nitrogens with zero attached hydrogens (tertiary/aromatic N) is 2. The molecule has 51 heavy (non-hydrogen) atoms. The molecule has 11 heteroatoms. The molecule has 2 heterocycles. The molecule has 2 N–H and O–H groups in total. The van der Waals surface area contributed by atoms with Gasteiger partial charge in [-0.2, -0.15) is 0 Å². The number of carboxylic acid groups (broad SMARTS) is 1. The minimum Gasteiger partial charge on any atom is -0.492 e. The highest BCUT2D eigenvalue weighted by Crippen LogP contribution is 2.38. The van der Waals surface area contributed by atoms with E-state index in [2.05, 4.69) is 33.4 Å². The van der Waals surface area contributed by atoms with Crippen molar-refractivity contribution in [2.45, 2.75) is 83.5 Å². The molecule has 2 amide bonds. The SMILES string of the molecule is CC(C)(CCC(=O)N1C[C@@H]2CC(c3ccc(CCCOc4cc(F)ccc4Br)cc3)=C(C(=O)N(Cc3ccccc3F)C3CC3)[C@@H](C1)N2)C(=O)O. The summed E-state index contributed by atoms with van der Waals surface area (Å²) in [6, 6.07) is 18.6. The largest absolute Gasteiger partial charge is 0.492 e. The fraction of sp³-hybridized carbons (Fsp3) is 0.425. The van der Waals surface area contributed by atoms with Crippen LogP contribution < -0.4 is 10.1 Å². The quantitative estimate of drug-likeness (QED) is 0.169. The molecule has 1 saturated heterocycles. The molecule has 8 nitrogen and oxygen atoms in total. The monoisotopic (exact) mass is 763 g/mol. The predicted molar refractivity (Wildman–Crippen MR) is 194 cm³/mol. The number of carbonyl (C=O) groups is 3. The van der Waals surface area contributed by atoms with Crippen LogP contribution in [0.2, 0.25) is 0 Å². The summed E-state index contributed by atoms with van der Waals surface area (Å²) in [6.07, 6.45) is 4.01. The number of amides is 2. The van der Waals surface area contributed by atoms with Gasteiger partial charge in [-0.3, -0.25) is 14.4 Å². The van der Waals surface area contributed by atoms with Crippen LogP contribution in [0.1, 0.15) is 69.1 Å². The second-order valence-electron chi connectivity index (χ2n) is 14.5. The lowest BCUT2D eigenvalue weighted by Crippen LogP contribution is -2.62. The Morgan fingerprint density at radius 3 is 2.49 bits per heavy atom. The molecule has 0 aromatic heterocycles. The number of hydrogen-bond donors (Lipinski definition) is 2. The summed E-state index contributed by atoms with van der Waals surface area (Å²) in [7, 11) is 0. The fourth-order valence-electron chi connectivity index (χ4n) is 6.89. The van der Waals surface area contributed by atoms with Crippen LogP contribution in [0.4, 0.5) is 8.78 Å². The molecule has 2 bridgehead atoms. The first-order valence-electron chi connectivity index (χ1n) is 17.6. The smallest absolute Gasteiger partial charge is 0.309 e. The Labute approximate surface area is 306 Å². The molecule has 3 aromatic rings. The van der Waals surface area contributed by atoms with E-state index in [4.69, 9.17) is 4.74 Å². The summed E-state index contributed by atoms with van der Waals surface area (Å²) >= 11 is 3.39. The van der Waals surface area contributed by atoms with Gasteiger partial charge in [0.1, 0.15) is 17.4 Å². The standard InChI is InChI=1S/C40H44BrF2N3O5/c1-40(2,39(49)50)18-17-36(47)45-23-29-21-31(26-11-9-25(10-12-26)6-5-19-51-35-20-28(42)13-16-32(35)41)37(34(24-45)44-29)38(48)46(30-14-15-30)22-27-7-3-4-8-33(27)43/h3-4,7-13,16,20,29-30,34,44H,5-6,14-15,17-19,21-24H2,1-2H3,(H,49,50)/t29-,34+/m0/s1. The molecule has 0 spiro atoms. The lowest BCUT2D eigenvalue weighted by molar-refractivity contribution is -0.148. The molecular weight excluding hydrogens is 720 g/mol. The number of carboxylic acids is 1. The zero-order chi connectivity index (χ0) is 36.3. The molecule has 1 aliphatic carbocycles. The number of carbonyl (C=O) groups excluding carboxylic acids is 2. The van der Waals surface area contributed by atoms with Gasteiger partial charge >= 0.3 is 5.97 Å². The highest BCUT2D eigenvalue weighted by Gasteiger charge is 2.43. The molecular formula is C40H44BrF2N3O5. The van der Waals surface area contributed by atoms with Gasteiger partial charge < -0.3 is 25.0 Å². The van der Waals surface area contributed by atoms with Crippen LogP contribution in [0.25, 0.3) is 5.57 Å². The second-order valence-corrected chi connectivity index (χ2v) is 15.3. The Morgan fingerprint density at radius 2 is 1.78 bits per heavy atom. The molecule has 0 unspecified atom stereocenters. The number of piperazine rings is 1. The number of aliphatic carboxylic acids is 1. The lowest BCUT2D eigenvalue weighted by atomic mass is 9.82. The van der Waals surface area contributed by atoms with Crippen molar-refractivity contribution in [3.63, 3.8) is 0 Å². The normalized spacial score (nSPS) is 18.8. The van der Waals surface area contributed by atoms with Crippen LogP contribution >= 0.6 is 15.9 Å². The van der Waals surface area contributed by atoms with Gasteiger partial charge in [-0.25, -0.2) is 8.78 Å². The van der Waals surface area contributed by atoms with Crippen LogP contribution in [-0.2, 0) is 27.3 Å². The maximum Gasteiger partial charge on any atom is 0.309 e. The van der Waals surface area contributed by atoms with Crippen molar-refractivity contribution in [3.8, 4) is 5.75 Å². The van der Waals surface area contributed by atoms with Gasteiger partial charge in [0, 0.05) is 55.3 Å². The molecule has 270 valence electrons. The van der Waals surface area contributed by atoms with Gasteiger partial charge in [-0.1, -0.05) is 42.5 Å². The van der Waals surface area contributed by atoms with E-state index in [0.717, 1.165) is 42.4 Å². The number of fused-ring (bicyclic) bond motifs is 2. The van der Waals surface area contributed by atoms with E-state index in [1.54, 1.807) is 47.9 Å².